The molecule has 1 saturated carbocycles. The van der Waals surface area contributed by atoms with Crippen molar-refractivity contribution >= 4 is 5.97 Å². The van der Waals surface area contributed by atoms with E-state index in [-0.39, 0.29) is 5.97 Å². The number of esters is 1. The van der Waals surface area contributed by atoms with Crippen molar-refractivity contribution in [2.24, 2.45) is 11.7 Å². The van der Waals surface area contributed by atoms with Crippen LogP contribution in [0.25, 0.3) is 0 Å². The second-order valence-corrected chi connectivity index (χ2v) is 4.18. The Balaban J connectivity index is 2.32. The fourth-order valence-corrected chi connectivity index (χ4v) is 2.12. The molecular weight excluding hydrogens is 190 g/mol. The lowest BCUT2D eigenvalue weighted by Gasteiger charge is -2.21. The Hall–Kier alpha value is -0.990. The highest BCUT2D eigenvalue weighted by atomic mass is 16.5. The lowest BCUT2D eigenvalue weighted by Crippen LogP contribution is -2.12. The summed E-state index contributed by atoms with van der Waals surface area (Å²) in [5, 5.41) is 0. The molecule has 3 nitrogen and oxygen atoms in total. The van der Waals surface area contributed by atoms with Crippen LogP contribution in [0.15, 0.2) is 11.8 Å². The Labute approximate surface area is 91.7 Å². The number of hydrogen-bond acceptors (Lipinski definition) is 3. The lowest BCUT2D eigenvalue weighted by atomic mass is 9.86. The van der Waals surface area contributed by atoms with Gasteiger partial charge in [0, 0.05) is 11.8 Å². The van der Waals surface area contributed by atoms with Gasteiger partial charge in [0.15, 0.2) is 0 Å². The second-order valence-electron chi connectivity index (χ2n) is 4.18. The Morgan fingerprint density at radius 1 is 1.40 bits per heavy atom. The van der Waals surface area contributed by atoms with Crippen molar-refractivity contribution in [3.05, 3.63) is 11.8 Å². The van der Waals surface area contributed by atoms with E-state index in [1.165, 1.54) is 38.2 Å². The van der Waals surface area contributed by atoms with Crippen molar-refractivity contribution in [1.29, 1.82) is 0 Å². The van der Waals surface area contributed by atoms with Crippen molar-refractivity contribution in [1.82, 2.24) is 0 Å². The van der Waals surface area contributed by atoms with Gasteiger partial charge in [0.1, 0.15) is 0 Å². The SMILES string of the molecule is CCOC(=O)/C=C(\N)CC1CCCCC1. The summed E-state index contributed by atoms with van der Waals surface area (Å²) in [6, 6.07) is 0. The van der Waals surface area contributed by atoms with E-state index in [2.05, 4.69) is 0 Å². The van der Waals surface area contributed by atoms with Crippen LogP contribution in [0.1, 0.15) is 45.4 Å². The fraction of sp³-hybridized carbons (Fsp3) is 0.750. The highest BCUT2D eigenvalue weighted by Gasteiger charge is 2.14. The van der Waals surface area contributed by atoms with Gasteiger partial charge in [-0.3, -0.25) is 0 Å². The third-order valence-corrected chi connectivity index (χ3v) is 2.84. The molecular formula is C12H21NO2. The molecule has 1 fully saturated rings. The Kier molecular flexibility index (Phi) is 5.22. The van der Waals surface area contributed by atoms with Crippen molar-refractivity contribution in [3.8, 4) is 0 Å². The van der Waals surface area contributed by atoms with Crippen LogP contribution in [0, 0.1) is 5.92 Å². The summed E-state index contributed by atoms with van der Waals surface area (Å²) in [6.45, 7) is 2.20. The maximum Gasteiger partial charge on any atom is 0.332 e. The maximum atomic E-state index is 11.1. The van der Waals surface area contributed by atoms with Crippen molar-refractivity contribution < 1.29 is 9.53 Å². The first kappa shape index (κ1) is 12.1. The van der Waals surface area contributed by atoms with Gasteiger partial charge >= 0.3 is 5.97 Å². The second kappa shape index (κ2) is 6.49. The van der Waals surface area contributed by atoms with Crippen molar-refractivity contribution in [2.75, 3.05) is 6.61 Å². The summed E-state index contributed by atoms with van der Waals surface area (Å²) in [5.74, 6) is 0.357. The zero-order chi connectivity index (χ0) is 11.1. The molecule has 0 aromatic rings. The molecule has 0 heterocycles. The zero-order valence-corrected chi connectivity index (χ0v) is 9.50. The predicted octanol–water partition coefficient (Wildman–Crippen LogP) is 2.36. The number of rotatable bonds is 4. The van der Waals surface area contributed by atoms with Gasteiger partial charge in [0.05, 0.1) is 6.61 Å². The van der Waals surface area contributed by atoms with Crippen LogP contribution in [-0.2, 0) is 9.53 Å². The van der Waals surface area contributed by atoms with Crippen molar-refractivity contribution in [2.45, 2.75) is 45.4 Å². The molecule has 0 aromatic carbocycles. The first-order chi connectivity index (χ1) is 7.22. The van der Waals surface area contributed by atoms with E-state index in [1.807, 2.05) is 0 Å². The predicted molar refractivity (Wildman–Crippen MR) is 60.1 cm³/mol. The van der Waals surface area contributed by atoms with Crippen LogP contribution < -0.4 is 5.73 Å². The normalized spacial score (nSPS) is 18.9. The smallest absolute Gasteiger partial charge is 0.332 e. The highest BCUT2D eigenvalue weighted by Crippen LogP contribution is 2.27. The lowest BCUT2D eigenvalue weighted by molar-refractivity contribution is -0.137. The van der Waals surface area contributed by atoms with Crippen LogP contribution in [0.5, 0.6) is 0 Å². The molecule has 1 rings (SSSR count). The summed E-state index contributed by atoms with van der Waals surface area (Å²) in [7, 11) is 0. The van der Waals surface area contributed by atoms with E-state index in [4.69, 9.17) is 10.5 Å². The first-order valence-corrected chi connectivity index (χ1v) is 5.85. The Morgan fingerprint density at radius 2 is 2.07 bits per heavy atom. The van der Waals surface area contributed by atoms with Gasteiger partial charge in [0.2, 0.25) is 0 Å². The highest BCUT2D eigenvalue weighted by molar-refractivity contribution is 5.82. The molecule has 0 bridgehead atoms. The van der Waals surface area contributed by atoms with Crippen LogP contribution in [0.4, 0.5) is 0 Å². The molecule has 3 heteroatoms. The monoisotopic (exact) mass is 211 g/mol. The van der Waals surface area contributed by atoms with Crippen molar-refractivity contribution in [3.63, 3.8) is 0 Å². The van der Waals surface area contributed by atoms with E-state index >= 15 is 0 Å². The minimum atomic E-state index is -0.314. The molecule has 2 N–H and O–H groups in total. The fourth-order valence-electron chi connectivity index (χ4n) is 2.12. The molecule has 1 aliphatic rings. The molecule has 0 aromatic heterocycles. The summed E-state index contributed by atoms with van der Waals surface area (Å²) in [6.07, 6.45) is 8.72. The van der Waals surface area contributed by atoms with Gasteiger partial charge in [-0.05, 0) is 19.3 Å². The number of nitrogens with two attached hydrogens (primary N) is 1. The van der Waals surface area contributed by atoms with E-state index in [0.29, 0.717) is 18.2 Å². The number of hydrogen-bond donors (Lipinski definition) is 1. The van der Waals surface area contributed by atoms with E-state index in [9.17, 15) is 4.79 Å². The van der Waals surface area contributed by atoms with Gasteiger partial charge in [-0.15, -0.1) is 0 Å². The third kappa shape index (κ3) is 4.86. The summed E-state index contributed by atoms with van der Waals surface area (Å²) < 4.78 is 4.81. The topological polar surface area (TPSA) is 52.3 Å². The minimum absolute atomic E-state index is 0.314. The average Bonchev–Trinajstić information content (AvgIpc) is 2.19. The van der Waals surface area contributed by atoms with Gasteiger partial charge in [-0.1, -0.05) is 32.1 Å². The third-order valence-electron chi connectivity index (χ3n) is 2.84. The molecule has 86 valence electrons. The molecule has 0 spiro atoms. The number of allylic oxidation sites excluding steroid dienone is 1. The van der Waals surface area contributed by atoms with Crippen LogP contribution in [0.2, 0.25) is 0 Å². The summed E-state index contributed by atoms with van der Waals surface area (Å²) >= 11 is 0. The minimum Gasteiger partial charge on any atom is -0.463 e. The van der Waals surface area contributed by atoms with E-state index in [1.54, 1.807) is 6.92 Å². The van der Waals surface area contributed by atoms with E-state index in [0.717, 1.165) is 6.42 Å². The van der Waals surface area contributed by atoms with Gasteiger partial charge in [-0.25, -0.2) is 4.79 Å². The Bertz CT molecular complexity index is 230. The number of carbonyl (C=O) groups is 1. The molecule has 1 aliphatic carbocycles. The Morgan fingerprint density at radius 3 is 2.67 bits per heavy atom. The zero-order valence-electron chi connectivity index (χ0n) is 9.50. The molecule has 0 amide bonds. The number of carbonyl (C=O) groups excluding carboxylic acids is 1. The largest absolute Gasteiger partial charge is 0.463 e. The first-order valence-electron chi connectivity index (χ1n) is 5.85. The van der Waals surface area contributed by atoms with Crippen LogP contribution in [-0.4, -0.2) is 12.6 Å². The van der Waals surface area contributed by atoms with Crippen LogP contribution in [0.3, 0.4) is 0 Å². The van der Waals surface area contributed by atoms with E-state index < -0.39 is 0 Å². The number of ether oxygens (including phenoxy) is 1. The van der Waals surface area contributed by atoms with Gasteiger partial charge in [-0.2, -0.15) is 0 Å². The van der Waals surface area contributed by atoms with Gasteiger partial charge in [0.25, 0.3) is 0 Å². The standard InChI is InChI=1S/C12H21NO2/c1-2-15-12(14)9-11(13)8-10-6-4-3-5-7-10/h9-10H,2-8,13H2,1H3/b11-9-. The molecule has 0 aliphatic heterocycles. The summed E-state index contributed by atoms with van der Waals surface area (Å²) in [4.78, 5) is 11.1. The molecule has 15 heavy (non-hydrogen) atoms. The molecule has 0 saturated heterocycles. The van der Waals surface area contributed by atoms with Crippen LogP contribution >= 0.6 is 0 Å². The molecule has 0 unspecified atom stereocenters. The quantitative estimate of drug-likeness (QED) is 0.573. The summed E-state index contributed by atoms with van der Waals surface area (Å²) in [5.41, 5.74) is 6.46. The van der Waals surface area contributed by atoms with Gasteiger partial charge < -0.3 is 10.5 Å². The maximum absolute atomic E-state index is 11.1. The average molecular weight is 211 g/mol. The molecule has 0 radical (unpaired) electrons. The molecule has 0 atom stereocenters.